The summed E-state index contributed by atoms with van der Waals surface area (Å²) in [6.07, 6.45) is 1.38. The number of nitrogens with zero attached hydrogens (tertiary/aromatic N) is 3. The van der Waals surface area contributed by atoms with Crippen LogP contribution in [0.5, 0.6) is 11.5 Å². The second-order valence-electron chi connectivity index (χ2n) is 6.42. The van der Waals surface area contributed by atoms with Gasteiger partial charge in [-0.3, -0.25) is 4.99 Å². The molecule has 0 fully saturated rings. The summed E-state index contributed by atoms with van der Waals surface area (Å²) >= 11 is 0. The van der Waals surface area contributed by atoms with E-state index in [2.05, 4.69) is 20.3 Å². The van der Waals surface area contributed by atoms with Crippen molar-refractivity contribution in [3.05, 3.63) is 82.2 Å². The molecule has 31 heavy (non-hydrogen) atoms. The van der Waals surface area contributed by atoms with E-state index < -0.39 is 34.8 Å². The average molecular weight is 436 g/mol. The second-order valence-corrected chi connectivity index (χ2v) is 6.42. The third-order valence-corrected chi connectivity index (χ3v) is 4.41. The van der Waals surface area contributed by atoms with Crippen molar-refractivity contribution in [2.45, 2.75) is 13.5 Å². The van der Waals surface area contributed by atoms with Crippen LogP contribution in [0.1, 0.15) is 22.5 Å². The van der Waals surface area contributed by atoms with Crippen LogP contribution >= 0.6 is 0 Å². The van der Waals surface area contributed by atoms with Gasteiger partial charge in [0.2, 0.25) is 17.4 Å². The zero-order valence-electron chi connectivity index (χ0n) is 16.7. The van der Waals surface area contributed by atoms with E-state index >= 15 is 0 Å². The van der Waals surface area contributed by atoms with Crippen LogP contribution in [0, 0.1) is 36.0 Å². The Labute approximate surface area is 174 Å². The summed E-state index contributed by atoms with van der Waals surface area (Å²) in [6, 6.07) is 3.35. The minimum Gasteiger partial charge on any atom is -0.451 e. The Morgan fingerprint density at radius 3 is 2.26 bits per heavy atom. The highest BCUT2D eigenvalue weighted by molar-refractivity contribution is 6.14. The summed E-state index contributed by atoms with van der Waals surface area (Å²) in [5.74, 6) is -9.24. The van der Waals surface area contributed by atoms with Crippen LogP contribution in [0.4, 0.5) is 22.0 Å². The molecule has 0 unspecified atom stereocenters. The van der Waals surface area contributed by atoms with E-state index in [1.807, 2.05) is 0 Å². The maximum absolute atomic E-state index is 14.9. The zero-order chi connectivity index (χ0) is 22.7. The first-order chi connectivity index (χ1) is 14.8. The smallest absolute Gasteiger partial charge is 0.204 e. The molecule has 0 aliphatic heterocycles. The molecule has 5 nitrogen and oxygen atoms in total. The number of nitrogens with one attached hydrogen (secondary N) is 1. The fourth-order valence-electron chi connectivity index (χ4n) is 3.01. The molecule has 0 atom stereocenters. The molecule has 0 saturated carbocycles. The number of ether oxygens (including phenoxy) is 1. The molecular weight excluding hydrogens is 419 g/mol. The number of hydrogen-bond acceptors (Lipinski definition) is 5. The Morgan fingerprint density at radius 2 is 1.68 bits per heavy atom. The van der Waals surface area contributed by atoms with Gasteiger partial charge in [-0.1, -0.05) is 0 Å². The van der Waals surface area contributed by atoms with E-state index in [4.69, 9.17) is 4.74 Å². The molecule has 0 aliphatic rings. The molecule has 1 N–H and O–H groups in total. The normalized spacial score (nSPS) is 11.7. The Bertz CT molecular complexity index is 1140. The number of halogens is 5. The van der Waals surface area contributed by atoms with Gasteiger partial charge in [0.05, 0.1) is 17.1 Å². The van der Waals surface area contributed by atoms with Gasteiger partial charge in [-0.2, -0.15) is 8.78 Å². The number of aryl methyl sites for hydroxylation is 1. The first-order valence-corrected chi connectivity index (χ1v) is 9.01. The van der Waals surface area contributed by atoms with Crippen LogP contribution in [-0.2, 0) is 6.54 Å². The van der Waals surface area contributed by atoms with Crippen LogP contribution in [0.15, 0.2) is 35.6 Å². The van der Waals surface area contributed by atoms with Crippen LogP contribution in [0.3, 0.4) is 0 Å². The van der Waals surface area contributed by atoms with Crippen molar-refractivity contribution in [2.24, 2.45) is 4.99 Å². The van der Waals surface area contributed by atoms with E-state index in [1.165, 1.54) is 25.5 Å². The summed E-state index contributed by atoms with van der Waals surface area (Å²) in [6.45, 7) is 2.10. The number of hydrogen-bond donors (Lipinski definition) is 1. The SMILES string of the molecule is C/N=C(/c1ccc(Oc2c(F)c(F)cc(F)c2F)cc1F)c1c(C)ncnc1CNC. The number of aromatic nitrogens is 2. The van der Waals surface area contributed by atoms with Gasteiger partial charge in [-0.25, -0.2) is 23.1 Å². The molecule has 3 rings (SSSR count). The Morgan fingerprint density at radius 1 is 1.00 bits per heavy atom. The van der Waals surface area contributed by atoms with Gasteiger partial charge in [0.1, 0.15) is 17.9 Å². The van der Waals surface area contributed by atoms with Gasteiger partial charge in [0, 0.05) is 36.9 Å². The minimum atomic E-state index is -1.73. The monoisotopic (exact) mass is 436 g/mol. The maximum Gasteiger partial charge on any atom is 0.204 e. The molecule has 162 valence electrons. The van der Waals surface area contributed by atoms with Crippen LogP contribution in [-0.4, -0.2) is 29.8 Å². The van der Waals surface area contributed by atoms with Crippen molar-refractivity contribution in [2.75, 3.05) is 14.1 Å². The topological polar surface area (TPSA) is 59.4 Å². The molecule has 2 aromatic carbocycles. The highest BCUT2D eigenvalue weighted by Crippen LogP contribution is 2.32. The van der Waals surface area contributed by atoms with Gasteiger partial charge in [-0.15, -0.1) is 0 Å². The molecule has 0 amide bonds. The largest absolute Gasteiger partial charge is 0.451 e. The molecule has 1 aromatic heterocycles. The van der Waals surface area contributed by atoms with Crippen molar-refractivity contribution in [1.29, 1.82) is 0 Å². The second kappa shape index (κ2) is 9.17. The lowest BCUT2D eigenvalue weighted by Crippen LogP contribution is -2.17. The minimum absolute atomic E-state index is 0.0523. The highest BCUT2D eigenvalue weighted by atomic mass is 19.2. The lowest BCUT2D eigenvalue weighted by atomic mass is 9.98. The molecule has 0 bridgehead atoms. The van der Waals surface area contributed by atoms with Gasteiger partial charge >= 0.3 is 0 Å². The summed E-state index contributed by atoms with van der Waals surface area (Å²) < 4.78 is 74.2. The lowest BCUT2D eigenvalue weighted by molar-refractivity contribution is 0.365. The summed E-state index contributed by atoms with van der Waals surface area (Å²) in [5, 5.41) is 2.96. The summed E-state index contributed by atoms with van der Waals surface area (Å²) in [5.41, 5.74) is 1.99. The fourth-order valence-corrected chi connectivity index (χ4v) is 3.01. The van der Waals surface area contributed by atoms with Gasteiger partial charge in [0.15, 0.2) is 11.6 Å². The number of aliphatic imine (C=N–C) groups is 1. The maximum atomic E-state index is 14.9. The zero-order valence-corrected chi connectivity index (χ0v) is 16.7. The summed E-state index contributed by atoms with van der Waals surface area (Å²) in [4.78, 5) is 12.5. The molecule has 3 aromatic rings. The van der Waals surface area contributed by atoms with Crippen LogP contribution in [0.25, 0.3) is 0 Å². The molecule has 1 heterocycles. The first-order valence-electron chi connectivity index (χ1n) is 9.01. The predicted molar refractivity (Wildman–Crippen MR) is 104 cm³/mol. The van der Waals surface area contributed by atoms with E-state index in [9.17, 15) is 22.0 Å². The molecule has 0 aliphatic carbocycles. The van der Waals surface area contributed by atoms with Gasteiger partial charge in [0.25, 0.3) is 0 Å². The van der Waals surface area contributed by atoms with E-state index in [-0.39, 0.29) is 23.1 Å². The lowest BCUT2D eigenvalue weighted by Gasteiger charge is -2.15. The quantitative estimate of drug-likeness (QED) is 0.352. The Kier molecular flexibility index (Phi) is 6.59. The fraction of sp³-hybridized carbons (Fsp3) is 0.190. The van der Waals surface area contributed by atoms with Crippen LogP contribution < -0.4 is 10.1 Å². The molecular formula is C21H17F5N4O. The molecule has 10 heteroatoms. The summed E-state index contributed by atoms with van der Waals surface area (Å²) in [7, 11) is 3.19. The van der Waals surface area contributed by atoms with Crippen LogP contribution in [0.2, 0.25) is 0 Å². The Balaban J connectivity index is 2.02. The number of benzene rings is 2. The first kappa shape index (κ1) is 22.3. The van der Waals surface area contributed by atoms with Crippen molar-refractivity contribution in [3.8, 4) is 11.5 Å². The van der Waals surface area contributed by atoms with Gasteiger partial charge < -0.3 is 10.1 Å². The van der Waals surface area contributed by atoms with E-state index in [1.54, 1.807) is 14.0 Å². The van der Waals surface area contributed by atoms with Crippen molar-refractivity contribution >= 4 is 5.71 Å². The third-order valence-electron chi connectivity index (χ3n) is 4.41. The molecule has 0 spiro atoms. The number of rotatable bonds is 6. The van der Waals surface area contributed by atoms with Crippen molar-refractivity contribution in [3.63, 3.8) is 0 Å². The standard InChI is InChI=1S/C21H17F5N4O/c1-10-17(16(8-27-2)30-9-29-10)20(28-3)12-5-4-11(6-13(12)22)31-21-18(25)14(23)7-15(24)19(21)26/h4-7,9,27H,8H2,1-3H3/b28-20-. The van der Waals surface area contributed by atoms with E-state index in [0.717, 1.165) is 6.07 Å². The highest BCUT2D eigenvalue weighted by Gasteiger charge is 2.23. The van der Waals surface area contributed by atoms with E-state index in [0.29, 0.717) is 23.5 Å². The van der Waals surface area contributed by atoms with Crippen molar-refractivity contribution in [1.82, 2.24) is 15.3 Å². The molecule has 0 radical (unpaired) electrons. The average Bonchev–Trinajstić information content (AvgIpc) is 2.73. The Hall–Kier alpha value is -3.40. The predicted octanol–water partition coefficient (Wildman–Crippen LogP) is 4.46. The third kappa shape index (κ3) is 4.38. The van der Waals surface area contributed by atoms with Crippen molar-refractivity contribution < 1.29 is 26.7 Å². The molecule has 0 saturated heterocycles. The van der Waals surface area contributed by atoms with Gasteiger partial charge in [-0.05, 0) is 26.1 Å².